The molecule has 0 radical (unpaired) electrons. The molecule has 5 heterocycles. The molecule has 0 saturated carbocycles. The first kappa shape index (κ1) is 109. The molecule has 5 saturated heterocycles. The highest BCUT2D eigenvalue weighted by Crippen LogP contribution is 2.40. The fourth-order valence-corrected chi connectivity index (χ4v) is 15.5. The van der Waals surface area contributed by atoms with Crippen LogP contribution in [0.4, 0.5) is 0 Å². The van der Waals surface area contributed by atoms with Crippen LogP contribution in [0.5, 0.6) is 0 Å². The third-order valence-corrected chi connectivity index (χ3v) is 21.9. The SMILES string of the molecule is CCCCC(OC1OC(COC(C)=O)C(OC2OCC(O)C(OC3OC(CO)C(O)C(OC4OC(COC(C)=O)C(OC(C)=O)C(OC(C)=O)C4OC(C)=O)C3O)C2OC2OC(COC(C)=O)C(OC(C)=O)C(OC(C)=O)C2OC(C)=O)C(O)C1O)C(CCCCCCCCCCC(=O)CCCCCCCCCCCCCCC(=O)N(C)C(C)C(=O)O)OC(C)=O. The maximum atomic E-state index is 13.2. The summed E-state index contributed by atoms with van der Waals surface area (Å²) in [6.45, 7) is 9.01. The second kappa shape index (κ2) is 57.0. The van der Waals surface area contributed by atoms with Gasteiger partial charge in [-0.3, -0.25) is 57.5 Å². The average molecular weight is 1810 g/mol. The Balaban J connectivity index is 1.35. The van der Waals surface area contributed by atoms with Gasteiger partial charge in [0.05, 0.1) is 19.3 Å². The molecular weight excluding hydrogens is 1670 g/mol. The van der Waals surface area contributed by atoms with Crippen molar-refractivity contribution >= 4 is 77.4 Å². The molecule has 27 atom stereocenters. The zero-order valence-corrected chi connectivity index (χ0v) is 74.8. The lowest BCUT2D eigenvalue weighted by Gasteiger charge is -2.50. The quantitative estimate of drug-likeness (QED) is 0.0254. The Hall–Kier alpha value is -7.33. The molecule has 5 fully saturated rings. The van der Waals surface area contributed by atoms with Crippen molar-refractivity contribution in [2.75, 3.05) is 40.1 Å². The second-order valence-electron chi connectivity index (χ2n) is 32.5. The summed E-state index contributed by atoms with van der Waals surface area (Å²) in [5.74, 6) is -10.5. The third kappa shape index (κ3) is 37.3. The van der Waals surface area contributed by atoms with Gasteiger partial charge in [0, 0.05) is 95.5 Å². The van der Waals surface area contributed by atoms with Gasteiger partial charge in [-0.1, -0.05) is 122 Å². The van der Waals surface area contributed by atoms with Gasteiger partial charge in [0.15, 0.2) is 68.1 Å². The number of carbonyl (C=O) groups is 13. The van der Waals surface area contributed by atoms with Crippen LogP contribution in [0, 0.1) is 0 Å². The summed E-state index contributed by atoms with van der Waals surface area (Å²) < 4.78 is 119. The number of hydrogen-bond donors (Lipinski definition) is 7. The number of aliphatic hydroxyl groups excluding tert-OH is 6. The number of carbonyl (C=O) groups excluding carboxylic acids is 12. The van der Waals surface area contributed by atoms with Crippen LogP contribution in [0.1, 0.15) is 256 Å². The lowest BCUT2D eigenvalue weighted by Crippen LogP contribution is -2.68. The van der Waals surface area contributed by atoms with Crippen molar-refractivity contribution in [2.45, 2.75) is 422 Å². The van der Waals surface area contributed by atoms with Crippen LogP contribution in [-0.2, 0) is 157 Å². The lowest BCUT2D eigenvalue weighted by molar-refractivity contribution is -0.402. The first-order chi connectivity index (χ1) is 59.8. The topological polar surface area (TPSA) is 551 Å². The molecule has 0 aromatic rings. The molecule has 1 amide bonds. The highest BCUT2D eigenvalue weighted by atomic mass is 16.8. The number of aliphatic carboxylic acids is 1. The summed E-state index contributed by atoms with van der Waals surface area (Å²) in [5, 5.41) is 81.5. The molecule has 0 aromatic heterocycles. The van der Waals surface area contributed by atoms with E-state index in [1.807, 2.05) is 6.92 Å². The number of esters is 10. The van der Waals surface area contributed by atoms with Gasteiger partial charge in [0.1, 0.15) is 117 Å². The van der Waals surface area contributed by atoms with Crippen molar-refractivity contribution in [1.82, 2.24) is 4.90 Å². The monoisotopic (exact) mass is 1810 g/mol. The number of ether oxygens (including phenoxy) is 20. The first-order valence-corrected chi connectivity index (χ1v) is 43.9. The van der Waals surface area contributed by atoms with Gasteiger partial charge < -0.3 is 135 Å². The van der Waals surface area contributed by atoms with Gasteiger partial charge in [-0.2, -0.15) is 0 Å². The summed E-state index contributed by atoms with van der Waals surface area (Å²) in [6.07, 6.45) is -27.6. The molecule has 126 heavy (non-hydrogen) atoms. The van der Waals surface area contributed by atoms with Crippen molar-refractivity contribution in [1.29, 1.82) is 0 Å². The zero-order chi connectivity index (χ0) is 93.4. The van der Waals surface area contributed by atoms with Crippen LogP contribution < -0.4 is 0 Å². The van der Waals surface area contributed by atoms with Gasteiger partial charge in [0.2, 0.25) is 5.91 Å². The van der Waals surface area contributed by atoms with E-state index in [0.717, 1.165) is 171 Å². The number of likely N-dealkylation sites (N-methyl/N-ethyl adjacent to an activating group) is 1. The standard InChI is InChI=1S/C85H137NO40/c1-14-15-38-60(59(111-50(6)91)39-34-30-26-23-22-25-29-33-37-57(98)36-32-28-24-20-18-16-17-19-21-27-31-35-40-65(100)86(13)46(2)80(105)106)118-81-68(103)67(102)71(62(120-81)43-107-47(3)88)124-83-77(126-85-79(117-56(12)97)76(115-54(10)95)73(113-52(8)93)64(122-85)45-109-49(5)90)70(58(99)42-110-83)123-82-69(104)74(66(101)61(41-87)119-82)125-84-78(116-55(11)96)75(114-53(9)94)72(112-51(7)92)63(121-84)44-108-48(4)89/h46,58-64,66-79,81-85,87,99,101-104H,14-45H2,1-13H3,(H,105,106). The van der Waals surface area contributed by atoms with Gasteiger partial charge in [-0.15, -0.1) is 0 Å². The predicted octanol–water partition coefficient (Wildman–Crippen LogP) is 4.23. The Morgan fingerprint density at radius 2 is 0.722 bits per heavy atom. The molecular formula is C85H137NO40. The minimum atomic E-state index is -2.40. The number of aliphatic hydroxyl groups is 6. The molecule has 5 rings (SSSR count). The molecule has 5 aliphatic rings. The number of hydrogen-bond acceptors (Lipinski definition) is 39. The van der Waals surface area contributed by atoms with Gasteiger partial charge >= 0.3 is 65.7 Å². The Labute approximate surface area is 734 Å². The van der Waals surface area contributed by atoms with E-state index in [4.69, 9.17) is 99.8 Å². The number of ketones is 1. The molecule has 5 aliphatic heterocycles. The third-order valence-electron chi connectivity index (χ3n) is 21.9. The van der Waals surface area contributed by atoms with E-state index in [9.17, 15) is 93.0 Å². The van der Waals surface area contributed by atoms with E-state index in [-0.39, 0.29) is 18.1 Å². The van der Waals surface area contributed by atoms with Gasteiger partial charge in [-0.25, -0.2) is 4.79 Å². The zero-order valence-electron chi connectivity index (χ0n) is 74.8. The average Bonchev–Trinajstić information content (AvgIpc) is 0.820. The van der Waals surface area contributed by atoms with Crippen LogP contribution in [0.3, 0.4) is 0 Å². The van der Waals surface area contributed by atoms with Crippen molar-refractivity contribution in [3.05, 3.63) is 0 Å². The van der Waals surface area contributed by atoms with Crippen molar-refractivity contribution in [2.24, 2.45) is 0 Å². The molecule has 0 aliphatic carbocycles. The Kier molecular flexibility index (Phi) is 49.4. The number of nitrogens with zero attached hydrogens (tertiary/aromatic N) is 1. The highest BCUT2D eigenvalue weighted by molar-refractivity contribution is 5.83. The number of rotatable bonds is 56. The number of amides is 1. The van der Waals surface area contributed by atoms with E-state index >= 15 is 0 Å². The summed E-state index contributed by atoms with van der Waals surface area (Å²) in [6, 6.07) is -0.836. The predicted molar refractivity (Wildman–Crippen MR) is 430 cm³/mol. The number of carboxylic acids is 1. The molecule has 0 spiro atoms. The van der Waals surface area contributed by atoms with E-state index in [1.165, 1.54) is 38.6 Å². The van der Waals surface area contributed by atoms with Crippen molar-refractivity contribution < 1.29 is 193 Å². The Morgan fingerprint density at radius 3 is 1.13 bits per heavy atom. The summed E-state index contributed by atoms with van der Waals surface area (Å²) in [7, 11) is 1.53. The normalized spacial score (nSPS) is 29.7. The minimum Gasteiger partial charge on any atom is -0.480 e. The lowest BCUT2D eigenvalue weighted by atomic mass is 9.95. The minimum absolute atomic E-state index is 0.145. The Morgan fingerprint density at radius 1 is 0.357 bits per heavy atom. The van der Waals surface area contributed by atoms with Crippen LogP contribution in [0.25, 0.3) is 0 Å². The number of Topliss-reactive ketones (excluding diaryl/α,β-unsaturated/α-hetero) is 1. The molecule has 27 unspecified atom stereocenters. The van der Waals surface area contributed by atoms with E-state index in [1.54, 1.807) is 0 Å². The summed E-state index contributed by atoms with van der Waals surface area (Å²) in [5.41, 5.74) is 0. The summed E-state index contributed by atoms with van der Waals surface area (Å²) >= 11 is 0. The molecule has 41 heteroatoms. The van der Waals surface area contributed by atoms with Gasteiger partial charge in [0.25, 0.3) is 0 Å². The largest absolute Gasteiger partial charge is 0.480 e. The first-order valence-electron chi connectivity index (χ1n) is 43.9. The Bertz CT molecular complexity index is 3380. The van der Waals surface area contributed by atoms with Crippen LogP contribution in [0.2, 0.25) is 0 Å². The highest BCUT2D eigenvalue weighted by Gasteiger charge is 2.60. The van der Waals surface area contributed by atoms with Gasteiger partial charge in [-0.05, 0) is 45.4 Å². The fraction of sp³-hybridized carbons (Fsp3) is 0.847. The molecule has 0 aromatic carbocycles. The molecule has 7 N–H and O–H groups in total. The molecule has 0 bridgehead atoms. The second-order valence-corrected chi connectivity index (χ2v) is 32.5. The van der Waals surface area contributed by atoms with E-state index in [2.05, 4.69) is 0 Å². The van der Waals surface area contributed by atoms with E-state index in [0.29, 0.717) is 44.9 Å². The fourth-order valence-electron chi connectivity index (χ4n) is 15.5. The van der Waals surface area contributed by atoms with Crippen molar-refractivity contribution in [3.8, 4) is 0 Å². The smallest absolute Gasteiger partial charge is 0.326 e. The maximum absolute atomic E-state index is 13.2. The molecule has 722 valence electrons. The van der Waals surface area contributed by atoms with Crippen molar-refractivity contribution in [3.63, 3.8) is 0 Å². The maximum Gasteiger partial charge on any atom is 0.326 e. The summed E-state index contributed by atoms with van der Waals surface area (Å²) in [4.78, 5) is 165. The molecule has 41 nitrogen and oxygen atoms in total. The van der Waals surface area contributed by atoms with Crippen LogP contribution >= 0.6 is 0 Å². The van der Waals surface area contributed by atoms with Crippen LogP contribution in [0.15, 0.2) is 0 Å². The number of unbranched alkanes of at least 4 members (excludes halogenated alkanes) is 19. The van der Waals surface area contributed by atoms with Crippen LogP contribution in [-0.4, -0.2) is 324 Å². The number of carboxylic acid groups (broad SMARTS) is 1. The van der Waals surface area contributed by atoms with E-state index < -0.39 is 264 Å².